The van der Waals surface area contributed by atoms with E-state index in [-0.39, 0.29) is 22.9 Å². The second kappa shape index (κ2) is 6.62. The van der Waals surface area contributed by atoms with Crippen LogP contribution >= 0.6 is 0 Å². The molecule has 0 aliphatic rings. The van der Waals surface area contributed by atoms with Crippen LogP contribution in [-0.2, 0) is 16.2 Å². The number of rotatable bonds is 4. The molecule has 0 radical (unpaired) electrons. The van der Waals surface area contributed by atoms with Gasteiger partial charge in [0.1, 0.15) is 11.6 Å². The number of nitrogens with one attached hydrogen (secondary N) is 1. The minimum Gasteiger partial charge on any atom is -0.277 e. The molecule has 0 atom stereocenters. The van der Waals surface area contributed by atoms with Gasteiger partial charge in [-0.05, 0) is 29.7 Å². The fraction of sp³-hybridized carbons (Fsp3) is 0.250. The van der Waals surface area contributed by atoms with Crippen molar-refractivity contribution in [3.05, 3.63) is 59.2 Å². The van der Waals surface area contributed by atoms with Crippen LogP contribution in [0.2, 0.25) is 0 Å². The molecule has 0 saturated heterocycles. The van der Waals surface area contributed by atoms with Crippen LogP contribution in [-0.4, -0.2) is 8.42 Å². The number of hydrogen-bond acceptors (Lipinski definition) is 2. The third-order valence-electron chi connectivity index (χ3n) is 3.46. The first-order valence-electron chi connectivity index (χ1n) is 7.11. The Morgan fingerprint density at radius 1 is 0.960 bits per heavy atom. The predicted octanol–water partition coefficient (Wildman–Crippen LogP) is 4.91. The van der Waals surface area contributed by atoms with Gasteiger partial charge in [0.2, 0.25) is 0 Å². The molecule has 0 unspecified atom stereocenters. The van der Waals surface area contributed by atoms with Crippen LogP contribution in [0.15, 0.2) is 41.3 Å². The molecule has 0 saturated carbocycles. The lowest BCUT2D eigenvalue weighted by atomic mass is 10.0. The van der Waals surface area contributed by atoms with Crippen molar-refractivity contribution in [1.82, 2.24) is 0 Å². The normalized spacial score (nSPS) is 12.5. The molecule has 2 rings (SSSR count). The summed E-state index contributed by atoms with van der Waals surface area (Å²) in [6, 6.07) is 5.74. The Balaban J connectivity index is 2.36. The molecule has 3 nitrogen and oxygen atoms in total. The van der Waals surface area contributed by atoms with Crippen molar-refractivity contribution < 1.29 is 30.4 Å². The Morgan fingerprint density at radius 3 is 2.00 bits per heavy atom. The molecule has 9 heteroatoms. The zero-order valence-electron chi connectivity index (χ0n) is 13.2. The van der Waals surface area contributed by atoms with Gasteiger partial charge in [-0.15, -0.1) is 0 Å². The van der Waals surface area contributed by atoms with Gasteiger partial charge in [-0.3, -0.25) is 4.72 Å². The number of benzene rings is 2. The molecule has 2 aromatic rings. The van der Waals surface area contributed by atoms with E-state index in [0.717, 1.165) is 5.56 Å². The number of alkyl halides is 3. The molecular weight excluding hydrogens is 365 g/mol. The second-order valence-electron chi connectivity index (χ2n) is 5.64. The van der Waals surface area contributed by atoms with Gasteiger partial charge in [-0.25, -0.2) is 17.2 Å². The van der Waals surface area contributed by atoms with Crippen molar-refractivity contribution in [2.45, 2.75) is 30.8 Å². The minimum absolute atomic E-state index is 0.0882. The lowest BCUT2D eigenvalue weighted by Gasteiger charge is -2.13. The van der Waals surface area contributed by atoms with Gasteiger partial charge in [0.05, 0.1) is 16.1 Å². The van der Waals surface area contributed by atoms with Crippen molar-refractivity contribution >= 4 is 15.7 Å². The lowest BCUT2D eigenvalue weighted by Crippen LogP contribution is -2.16. The van der Waals surface area contributed by atoms with Crippen molar-refractivity contribution in [1.29, 1.82) is 0 Å². The summed E-state index contributed by atoms with van der Waals surface area (Å²) < 4.78 is 91.0. The molecule has 0 aromatic heterocycles. The molecule has 0 aliphatic heterocycles. The highest BCUT2D eigenvalue weighted by Crippen LogP contribution is 2.34. The van der Waals surface area contributed by atoms with E-state index in [9.17, 15) is 30.4 Å². The van der Waals surface area contributed by atoms with E-state index < -0.39 is 39.1 Å². The minimum atomic E-state index is -5.09. The smallest absolute Gasteiger partial charge is 0.277 e. The first-order chi connectivity index (χ1) is 11.4. The lowest BCUT2D eigenvalue weighted by molar-refractivity contribution is -0.140. The fourth-order valence-electron chi connectivity index (χ4n) is 2.08. The first-order valence-corrected chi connectivity index (χ1v) is 8.59. The second-order valence-corrected chi connectivity index (χ2v) is 7.32. The summed E-state index contributed by atoms with van der Waals surface area (Å²) in [5.41, 5.74) is -1.85. The van der Waals surface area contributed by atoms with Crippen molar-refractivity contribution in [3.8, 4) is 0 Å². The van der Waals surface area contributed by atoms with Crippen LogP contribution in [0, 0.1) is 11.6 Å². The number of sulfonamides is 1. The third kappa shape index (κ3) is 4.28. The maximum absolute atomic E-state index is 13.8. The first kappa shape index (κ1) is 19.2. The Hall–Kier alpha value is -2.16. The van der Waals surface area contributed by atoms with E-state index in [4.69, 9.17) is 0 Å². The van der Waals surface area contributed by atoms with Gasteiger partial charge in [0, 0.05) is 6.07 Å². The molecule has 136 valence electrons. The monoisotopic (exact) mass is 379 g/mol. The van der Waals surface area contributed by atoms with E-state index in [2.05, 4.69) is 0 Å². The number of hydrogen-bond donors (Lipinski definition) is 1. The highest BCUT2D eigenvalue weighted by Gasteiger charge is 2.35. The summed E-state index contributed by atoms with van der Waals surface area (Å²) in [5.74, 6) is -3.15. The zero-order chi connectivity index (χ0) is 19.0. The number of halogens is 5. The third-order valence-corrected chi connectivity index (χ3v) is 4.84. The van der Waals surface area contributed by atoms with E-state index in [1.807, 2.05) is 13.8 Å². The molecule has 1 N–H and O–H groups in total. The van der Waals surface area contributed by atoms with Crippen LogP contribution in [0.25, 0.3) is 0 Å². The molecule has 2 aromatic carbocycles. The Bertz CT molecular complexity index is 875. The van der Waals surface area contributed by atoms with Crippen LogP contribution in [0.5, 0.6) is 0 Å². The molecule has 0 spiro atoms. The molecule has 0 aliphatic carbocycles. The van der Waals surface area contributed by atoms with Gasteiger partial charge < -0.3 is 0 Å². The molecule has 0 amide bonds. The highest BCUT2D eigenvalue weighted by atomic mass is 32.2. The summed E-state index contributed by atoms with van der Waals surface area (Å²) in [4.78, 5) is -0.225. The van der Waals surface area contributed by atoms with E-state index in [0.29, 0.717) is 0 Å². The van der Waals surface area contributed by atoms with Crippen LogP contribution < -0.4 is 4.72 Å². The van der Waals surface area contributed by atoms with Gasteiger partial charge in [-0.1, -0.05) is 26.0 Å². The van der Waals surface area contributed by atoms with Crippen LogP contribution in [0.1, 0.15) is 30.9 Å². The molecule has 0 bridgehead atoms. The maximum atomic E-state index is 13.8. The molecule has 25 heavy (non-hydrogen) atoms. The summed E-state index contributed by atoms with van der Waals surface area (Å²) in [6.45, 7) is 3.81. The topological polar surface area (TPSA) is 46.2 Å². The quantitative estimate of drug-likeness (QED) is 0.768. The van der Waals surface area contributed by atoms with Gasteiger partial charge in [0.15, 0.2) is 0 Å². The predicted molar refractivity (Wildman–Crippen MR) is 82.7 cm³/mol. The largest absolute Gasteiger partial charge is 0.419 e. The molecular formula is C16H14F5NO2S. The molecule has 0 heterocycles. The summed E-state index contributed by atoms with van der Waals surface area (Å²) in [6.07, 6.45) is -5.09. The molecule has 0 fully saturated rings. The van der Waals surface area contributed by atoms with Crippen molar-refractivity contribution in [3.63, 3.8) is 0 Å². The summed E-state index contributed by atoms with van der Waals surface area (Å²) >= 11 is 0. The van der Waals surface area contributed by atoms with Gasteiger partial charge in [0.25, 0.3) is 10.0 Å². The van der Waals surface area contributed by atoms with Crippen molar-refractivity contribution in [2.75, 3.05) is 4.72 Å². The Kier molecular flexibility index (Phi) is 5.08. The Morgan fingerprint density at radius 2 is 1.52 bits per heavy atom. The van der Waals surface area contributed by atoms with E-state index in [1.165, 1.54) is 12.1 Å². The highest BCUT2D eigenvalue weighted by molar-refractivity contribution is 7.92. The Labute approximate surface area is 141 Å². The number of anilines is 1. The fourth-order valence-corrected chi connectivity index (χ4v) is 3.14. The van der Waals surface area contributed by atoms with E-state index in [1.54, 1.807) is 16.9 Å². The average molecular weight is 379 g/mol. The maximum Gasteiger partial charge on any atom is 0.419 e. The average Bonchev–Trinajstić information content (AvgIpc) is 2.49. The SMILES string of the molecule is CC(C)c1ccc(S(=O)(=O)Nc2cc(F)c(C(F)(F)F)cc2F)cc1. The summed E-state index contributed by atoms with van der Waals surface area (Å²) in [5, 5.41) is 0. The van der Waals surface area contributed by atoms with Crippen molar-refractivity contribution in [2.24, 2.45) is 0 Å². The van der Waals surface area contributed by atoms with Crippen LogP contribution in [0.4, 0.5) is 27.6 Å². The van der Waals surface area contributed by atoms with Gasteiger partial charge >= 0.3 is 6.18 Å². The summed E-state index contributed by atoms with van der Waals surface area (Å²) in [7, 11) is -4.28. The standard InChI is InChI=1S/C16H14F5NO2S/c1-9(2)10-3-5-11(6-4-10)25(23,24)22-15-8-13(17)12(7-14(15)18)16(19,20)21/h3-9,22H,1-2H3. The van der Waals surface area contributed by atoms with Gasteiger partial charge in [-0.2, -0.15) is 13.2 Å². The zero-order valence-corrected chi connectivity index (χ0v) is 14.0. The van der Waals surface area contributed by atoms with E-state index >= 15 is 0 Å². The van der Waals surface area contributed by atoms with Crippen LogP contribution in [0.3, 0.4) is 0 Å².